The van der Waals surface area contributed by atoms with Crippen molar-refractivity contribution in [2.24, 2.45) is 0 Å². The Bertz CT molecular complexity index is 281. The van der Waals surface area contributed by atoms with Crippen LogP contribution in [-0.4, -0.2) is 63.7 Å². The van der Waals surface area contributed by atoms with Crippen LogP contribution >= 0.6 is 0 Å². The lowest BCUT2D eigenvalue weighted by Crippen LogP contribution is -2.48. The second kappa shape index (κ2) is 9.57. The zero-order valence-corrected chi connectivity index (χ0v) is 12.3. The van der Waals surface area contributed by atoms with Gasteiger partial charge in [0.25, 0.3) is 0 Å². The Hall–Kier alpha value is -1.34. The zero-order valence-electron chi connectivity index (χ0n) is 12.3. The normalized spacial score (nSPS) is 12.1. The highest BCUT2D eigenvalue weighted by Crippen LogP contribution is 2.07. The van der Waals surface area contributed by atoms with E-state index in [1.165, 1.54) is 21.3 Å². The molecule has 112 valence electrons. The summed E-state index contributed by atoms with van der Waals surface area (Å²) in [5.74, 6) is -0.209. The molecular weight excluding hydrogens is 252 g/mol. The van der Waals surface area contributed by atoms with E-state index in [1.54, 1.807) is 4.90 Å². The minimum Gasteiger partial charge on any atom is -0.453 e. The third kappa shape index (κ3) is 6.40. The molecule has 0 saturated heterocycles. The first-order valence-corrected chi connectivity index (χ1v) is 6.16. The molecule has 1 atom stereocenters. The fourth-order valence-electron chi connectivity index (χ4n) is 1.48. The highest BCUT2D eigenvalue weighted by molar-refractivity contribution is 5.82. The summed E-state index contributed by atoms with van der Waals surface area (Å²) in [6, 6.07) is 0.0275. The molecule has 0 aliphatic heterocycles. The van der Waals surface area contributed by atoms with Crippen LogP contribution in [0.2, 0.25) is 0 Å². The van der Waals surface area contributed by atoms with Crippen LogP contribution in [0, 0.1) is 0 Å². The minimum atomic E-state index is -0.632. The van der Waals surface area contributed by atoms with Gasteiger partial charge in [0.2, 0.25) is 5.91 Å². The summed E-state index contributed by atoms with van der Waals surface area (Å²) < 4.78 is 14.6. The topological polar surface area (TPSA) is 77.1 Å². The van der Waals surface area contributed by atoms with Crippen molar-refractivity contribution in [1.29, 1.82) is 0 Å². The molecule has 0 aromatic rings. The van der Waals surface area contributed by atoms with Gasteiger partial charge in [0.1, 0.15) is 6.54 Å². The summed E-state index contributed by atoms with van der Waals surface area (Å²) in [6.45, 7) is 4.10. The molecule has 0 aromatic carbocycles. The molecule has 1 unspecified atom stereocenters. The predicted octanol–water partition coefficient (Wildman–Crippen LogP) is 0.588. The van der Waals surface area contributed by atoms with E-state index < -0.39 is 12.4 Å². The Balaban J connectivity index is 4.56. The average molecular weight is 276 g/mol. The molecule has 0 bridgehead atoms. The van der Waals surface area contributed by atoms with Gasteiger partial charge < -0.3 is 24.4 Å². The summed E-state index contributed by atoms with van der Waals surface area (Å²) >= 11 is 0. The highest BCUT2D eigenvalue weighted by Gasteiger charge is 2.23. The van der Waals surface area contributed by atoms with Gasteiger partial charge >= 0.3 is 6.09 Å². The van der Waals surface area contributed by atoms with Gasteiger partial charge in [-0.15, -0.1) is 0 Å². The van der Waals surface area contributed by atoms with Gasteiger partial charge in [-0.05, 0) is 13.3 Å². The van der Waals surface area contributed by atoms with Gasteiger partial charge in [0.15, 0.2) is 6.29 Å². The number of carbonyl (C=O) groups excluding carboxylic acids is 2. The van der Waals surface area contributed by atoms with Crippen molar-refractivity contribution in [2.75, 3.05) is 34.4 Å². The van der Waals surface area contributed by atoms with E-state index in [1.807, 2.05) is 13.8 Å². The first-order chi connectivity index (χ1) is 8.99. The Kier molecular flexibility index (Phi) is 8.90. The van der Waals surface area contributed by atoms with Gasteiger partial charge in [0, 0.05) is 20.3 Å². The van der Waals surface area contributed by atoms with E-state index in [9.17, 15) is 9.59 Å². The molecule has 0 aliphatic rings. The molecule has 0 rings (SSSR count). The fraction of sp³-hybridized carbons (Fsp3) is 0.833. The Morgan fingerprint density at radius 2 is 1.79 bits per heavy atom. The molecule has 0 radical (unpaired) electrons. The lowest BCUT2D eigenvalue weighted by atomic mass is 10.2. The van der Waals surface area contributed by atoms with Crippen molar-refractivity contribution in [2.45, 2.75) is 32.6 Å². The lowest BCUT2D eigenvalue weighted by Gasteiger charge is -2.31. The third-order valence-electron chi connectivity index (χ3n) is 2.88. The van der Waals surface area contributed by atoms with Crippen LogP contribution in [0.25, 0.3) is 0 Å². The maximum atomic E-state index is 12.1. The van der Waals surface area contributed by atoms with Crippen LogP contribution in [0.15, 0.2) is 0 Å². The molecule has 0 spiro atoms. The monoisotopic (exact) mass is 276 g/mol. The van der Waals surface area contributed by atoms with Crippen molar-refractivity contribution in [3.05, 3.63) is 0 Å². The molecule has 0 aromatic heterocycles. The van der Waals surface area contributed by atoms with E-state index in [2.05, 4.69) is 10.1 Å². The minimum absolute atomic E-state index is 0.0275. The number of methoxy groups -OCH3 is 3. The molecular formula is C12H24N2O5. The second-order valence-electron chi connectivity index (χ2n) is 4.05. The van der Waals surface area contributed by atoms with Gasteiger partial charge in [-0.1, -0.05) is 6.92 Å². The first kappa shape index (κ1) is 17.7. The number of nitrogens with zero attached hydrogens (tertiary/aromatic N) is 1. The van der Waals surface area contributed by atoms with Crippen LogP contribution in [0.3, 0.4) is 0 Å². The predicted molar refractivity (Wildman–Crippen MR) is 69.7 cm³/mol. The van der Waals surface area contributed by atoms with Crippen LogP contribution in [0.4, 0.5) is 4.79 Å². The van der Waals surface area contributed by atoms with E-state index in [4.69, 9.17) is 9.47 Å². The number of ether oxygens (including phenoxy) is 3. The van der Waals surface area contributed by atoms with Crippen LogP contribution in [-0.2, 0) is 19.0 Å². The van der Waals surface area contributed by atoms with Crippen molar-refractivity contribution in [3.8, 4) is 0 Å². The summed E-state index contributed by atoms with van der Waals surface area (Å²) in [5.41, 5.74) is 0. The van der Waals surface area contributed by atoms with E-state index in [-0.39, 0.29) is 18.5 Å². The van der Waals surface area contributed by atoms with Crippen LogP contribution in [0.5, 0.6) is 0 Å². The quantitative estimate of drug-likeness (QED) is 0.656. The Morgan fingerprint density at radius 1 is 1.21 bits per heavy atom. The maximum absolute atomic E-state index is 12.1. The number of carbonyl (C=O) groups is 2. The molecule has 2 amide bonds. The molecule has 7 nitrogen and oxygen atoms in total. The molecule has 0 aliphatic carbocycles. The number of amides is 2. The van der Waals surface area contributed by atoms with Crippen molar-refractivity contribution in [3.63, 3.8) is 0 Å². The van der Waals surface area contributed by atoms with Gasteiger partial charge in [-0.2, -0.15) is 0 Å². The van der Waals surface area contributed by atoms with Crippen LogP contribution < -0.4 is 5.32 Å². The summed E-state index contributed by atoms with van der Waals surface area (Å²) in [7, 11) is 4.28. The van der Waals surface area contributed by atoms with Crippen molar-refractivity contribution in [1.82, 2.24) is 10.2 Å². The summed E-state index contributed by atoms with van der Waals surface area (Å²) in [5, 5.41) is 2.37. The third-order valence-corrected chi connectivity index (χ3v) is 2.88. The number of rotatable bonds is 8. The van der Waals surface area contributed by atoms with Gasteiger partial charge in [0.05, 0.1) is 13.7 Å². The lowest BCUT2D eigenvalue weighted by molar-refractivity contribution is -0.148. The molecule has 19 heavy (non-hydrogen) atoms. The smallest absolute Gasteiger partial charge is 0.407 e. The van der Waals surface area contributed by atoms with E-state index in [0.29, 0.717) is 6.54 Å². The van der Waals surface area contributed by atoms with Crippen LogP contribution in [0.1, 0.15) is 20.3 Å². The average Bonchev–Trinajstić information content (AvgIpc) is 2.44. The van der Waals surface area contributed by atoms with Crippen molar-refractivity contribution >= 4 is 12.0 Å². The van der Waals surface area contributed by atoms with Gasteiger partial charge in [-0.3, -0.25) is 4.79 Å². The molecule has 0 heterocycles. The standard InChI is InChI=1S/C12H24N2O5/c1-6-9(2)14(8-11(17-3)18-4)10(15)7-13-12(16)19-5/h9,11H,6-8H2,1-5H3,(H,13,16). The molecule has 1 N–H and O–H groups in total. The molecule has 0 saturated carbocycles. The molecule has 0 fully saturated rings. The summed E-state index contributed by atoms with van der Waals surface area (Å²) in [4.78, 5) is 24.7. The highest BCUT2D eigenvalue weighted by atomic mass is 16.7. The van der Waals surface area contributed by atoms with E-state index in [0.717, 1.165) is 6.42 Å². The number of hydrogen-bond donors (Lipinski definition) is 1. The van der Waals surface area contributed by atoms with Gasteiger partial charge in [-0.25, -0.2) is 4.79 Å². The fourth-order valence-corrected chi connectivity index (χ4v) is 1.48. The maximum Gasteiger partial charge on any atom is 0.407 e. The Labute approximate surface area is 114 Å². The number of alkyl carbamates (subject to hydrolysis) is 1. The van der Waals surface area contributed by atoms with E-state index >= 15 is 0 Å². The second-order valence-corrected chi connectivity index (χ2v) is 4.05. The molecule has 7 heteroatoms. The largest absolute Gasteiger partial charge is 0.453 e. The van der Waals surface area contributed by atoms with Crippen molar-refractivity contribution < 1.29 is 23.8 Å². The summed E-state index contributed by atoms with van der Waals surface area (Å²) in [6.07, 6.45) is -0.326. The number of nitrogens with one attached hydrogen (secondary N) is 1. The first-order valence-electron chi connectivity index (χ1n) is 6.16. The number of hydrogen-bond acceptors (Lipinski definition) is 5. The SMILES string of the molecule is CCC(C)N(CC(OC)OC)C(=O)CNC(=O)OC. The Morgan fingerprint density at radius 3 is 2.21 bits per heavy atom. The zero-order chi connectivity index (χ0) is 14.8.